The van der Waals surface area contributed by atoms with Crippen LogP contribution in [0.1, 0.15) is 18.0 Å². The number of nitrogens with zero attached hydrogens (tertiary/aromatic N) is 1. The molecule has 1 fully saturated rings. The second-order valence-electron chi connectivity index (χ2n) is 5.48. The second kappa shape index (κ2) is 8.86. The Kier molecular flexibility index (Phi) is 6.84. The molecule has 1 aliphatic rings. The van der Waals surface area contributed by atoms with Crippen LogP contribution in [0.3, 0.4) is 0 Å². The van der Waals surface area contributed by atoms with Gasteiger partial charge < -0.3 is 29.0 Å². The fourth-order valence-electron chi connectivity index (χ4n) is 2.93. The molecule has 0 saturated carbocycles. The highest BCUT2D eigenvalue weighted by molar-refractivity contribution is 5.77. The van der Waals surface area contributed by atoms with Gasteiger partial charge in [0.05, 0.1) is 46.5 Å². The van der Waals surface area contributed by atoms with E-state index >= 15 is 0 Å². The Bertz CT molecular complexity index is 550. The van der Waals surface area contributed by atoms with Gasteiger partial charge in [0.25, 0.3) is 0 Å². The van der Waals surface area contributed by atoms with Gasteiger partial charge in [-0.25, -0.2) is 0 Å². The number of benzene rings is 1. The van der Waals surface area contributed by atoms with Gasteiger partial charge in [0, 0.05) is 13.7 Å². The van der Waals surface area contributed by atoms with Crippen LogP contribution in [0.2, 0.25) is 0 Å². The molecule has 134 valence electrons. The quantitative estimate of drug-likeness (QED) is 0.799. The van der Waals surface area contributed by atoms with Crippen LogP contribution in [0.4, 0.5) is 0 Å². The van der Waals surface area contributed by atoms with E-state index in [1.807, 2.05) is 12.1 Å². The summed E-state index contributed by atoms with van der Waals surface area (Å²) in [6, 6.07) is 5.08. The second-order valence-corrected chi connectivity index (χ2v) is 5.48. The molecule has 0 aromatic heterocycles. The van der Waals surface area contributed by atoms with Crippen molar-refractivity contribution < 1.29 is 28.8 Å². The summed E-state index contributed by atoms with van der Waals surface area (Å²) in [6.07, 6.45) is -0.193. The summed E-state index contributed by atoms with van der Waals surface area (Å²) in [4.78, 5) is 14.3. The molecule has 1 saturated heterocycles. The first kappa shape index (κ1) is 18.5. The van der Waals surface area contributed by atoms with Gasteiger partial charge in [-0.2, -0.15) is 0 Å². The van der Waals surface area contributed by atoms with Gasteiger partial charge in [0.1, 0.15) is 6.10 Å². The fourth-order valence-corrected chi connectivity index (χ4v) is 2.93. The van der Waals surface area contributed by atoms with Crippen LogP contribution in [0.5, 0.6) is 11.5 Å². The average molecular weight is 339 g/mol. The van der Waals surface area contributed by atoms with Crippen LogP contribution in [-0.2, 0) is 14.3 Å². The van der Waals surface area contributed by atoms with Crippen LogP contribution >= 0.6 is 0 Å². The molecule has 1 N–H and O–H groups in total. The number of ether oxygens (including phenoxy) is 4. The van der Waals surface area contributed by atoms with Crippen LogP contribution in [0.15, 0.2) is 18.2 Å². The molecule has 0 unspecified atom stereocenters. The van der Waals surface area contributed by atoms with Crippen LogP contribution in [0, 0.1) is 0 Å². The molecule has 7 nitrogen and oxygen atoms in total. The highest BCUT2D eigenvalue weighted by Crippen LogP contribution is 2.35. The maximum atomic E-state index is 12.5. The molecule has 1 amide bonds. The van der Waals surface area contributed by atoms with E-state index in [1.54, 1.807) is 32.3 Å². The minimum atomic E-state index is -0.483. The van der Waals surface area contributed by atoms with Crippen LogP contribution in [0.25, 0.3) is 0 Å². The molecule has 7 heteroatoms. The third kappa shape index (κ3) is 3.98. The highest BCUT2D eigenvalue weighted by atomic mass is 16.5. The smallest absolute Gasteiger partial charge is 0.225 e. The third-order valence-electron chi connectivity index (χ3n) is 4.12. The summed E-state index contributed by atoms with van der Waals surface area (Å²) in [5, 5.41) is 9.68. The predicted octanol–water partition coefficient (Wildman–Crippen LogP) is 1.00. The van der Waals surface area contributed by atoms with Crippen molar-refractivity contribution in [1.82, 2.24) is 4.90 Å². The Morgan fingerprint density at radius 1 is 1.29 bits per heavy atom. The maximum Gasteiger partial charge on any atom is 0.225 e. The van der Waals surface area contributed by atoms with Crippen molar-refractivity contribution in [3.63, 3.8) is 0 Å². The lowest BCUT2D eigenvalue weighted by Crippen LogP contribution is -2.49. The zero-order valence-electron chi connectivity index (χ0n) is 14.4. The molecule has 0 radical (unpaired) electrons. The number of aliphatic hydroxyl groups is 1. The lowest BCUT2D eigenvalue weighted by Gasteiger charge is -2.41. The molecule has 0 spiro atoms. The van der Waals surface area contributed by atoms with Crippen LogP contribution < -0.4 is 9.47 Å². The zero-order valence-corrected chi connectivity index (χ0v) is 14.4. The van der Waals surface area contributed by atoms with Crippen molar-refractivity contribution >= 4 is 5.91 Å². The first-order valence-electron chi connectivity index (χ1n) is 7.89. The van der Waals surface area contributed by atoms with Crippen molar-refractivity contribution in [2.24, 2.45) is 0 Å². The molecule has 2 rings (SSSR count). The van der Waals surface area contributed by atoms with Crippen molar-refractivity contribution in [3.8, 4) is 11.5 Å². The minimum absolute atomic E-state index is 0.0293. The Morgan fingerprint density at radius 3 is 2.67 bits per heavy atom. The average Bonchev–Trinajstić information content (AvgIpc) is 2.64. The minimum Gasteiger partial charge on any atom is -0.493 e. The molecule has 2 atom stereocenters. The fraction of sp³-hybridized carbons (Fsp3) is 0.588. The number of hydrogen-bond acceptors (Lipinski definition) is 6. The summed E-state index contributed by atoms with van der Waals surface area (Å²) in [7, 11) is 4.69. The Morgan fingerprint density at radius 2 is 2.04 bits per heavy atom. The summed E-state index contributed by atoms with van der Waals surface area (Å²) in [5.74, 6) is 1.15. The monoisotopic (exact) mass is 339 g/mol. The SMILES string of the molecule is COCCC(=O)N1CCO[C@H](CO)[C@H]1c1ccc(OC)c(OC)c1. The zero-order chi connectivity index (χ0) is 17.5. The first-order valence-corrected chi connectivity index (χ1v) is 7.89. The van der Waals surface area contributed by atoms with Crippen LogP contribution in [-0.4, -0.2) is 69.7 Å². The van der Waals surface area contributed by atoms with Gasteiger partial charge in [-0.3, -0.25) is 4.79 Å². The van der Waals surface area contributed by atoms with Crippen molar-refractivity contribution in [1.29, 1.82) is 0 Å². The molecule has 24 heavy (non-hydrogen) atoms. The molecule has 1 aliphatic heterocycles. The normalized spacial score (nSPS) is 20.8. The highest BCUT2D eigenvalue weighted by Gasteiger charge is 2.36. The van der Waals surface area contributed by atoms with E-state index in [9.17, 15) is 9.90 Å². The molecule has 1 aromatic carbocycles. The number of morpholine rings is 1. The summed E-state index contributed by atoms with van der Waals surface area (Å²) in [6.45, 7) is 1.05. The first-order chi connectivity index (χ1) is 11.7. The summed E-state index contributed by atoms with van der Waals surface area (Å²) >= 11 is 0. The Balaban J connectivity index is 2.34. The molecule has 1 aromatic rings. The van der Waals surface area contributed by atoms with E-state index in [2.05, 4.69) is 0 Å². The number of aliphatic hydroxyl groups excluding tert-OH is 1. The van der Waals surface area contributed by atoms with Gasteiger partial charge in [0.2, 0.25) is 5.91 Å². The van der Waals surface area contributed by atoms with Crippen molar-refractivity contribution in [3.05, 3.63) is 23.8 Å². The van der Waals surface area contributed by atoms with E-state index < -0.39 is 6.10 Å². The third-order valence-corrected chi connectivity index (χ3v) is 4.12. The van der Waals surface area contributed by atoms with E-state index in [0.717, 1.165) is 5.56 Å². The number of hydrogen-bond donors (Lipinski definition) is 1. The lowest BCUT2D eigenvalue weighted by molar-refractivity contribution is -0.150. The van der Waals surface area contributed by atoms with Gasteiger partial charge in [0.15, 0.2) is 11.5 Å². The standard InChI is InChI=1S/C17H25NO6/c1-21-8-6-16(20)18-7-9-24-15(11-19)17(18)12-4-5-13(22-2)14(10-12)23-3/h4-5,10,15,17,19H,6-9,11H2,1-3H3/t15-,17-/m1/s1. The molecular weight excluding hydrogens is 314 g/mol. The number of carbonyl (C=O) groups is 1. The number of methoxy groups -OCH3 is 3. The van der Waals surface area contributed by atoms with E-state index in [0.29, 0.717) is 37.7 Å². The number of carbonyl (C=O) groups excluding carboxylic acids is 1. The lowest BCUT2D eigenvalue weighted by atomic mass is 9.97. The topological polar surface area (TPSA) is 77.5 Å². The molecule has 1 heterocycles. The van der Waals surface area contributed by atoms with Crippen molar-refractivity contribution in [2.75, 3.05) is 47.7 Å². The largest absolute Gasteiger partial charge is 0.493 e. The Hall–Kier alpha value is -1.83. The predicted molar refractivity (Wildman–Crippen MR) is 87.3 cm³/mol. The number of amides is 1. The van der Waals surface area contributed by atoms with Gasteiger partial charge in [-0.1, -0.05) is 6.07 Å². The summed E-state index contributed by atoms with van der Waals surface area (Å²) in [5.41, 5.74) is 0.831. The molecular formula is C17H25NO6. The molecule has 0 aliphatic carbocycles. The van der Waals surface area contributed by atoms with Gasteiger partial charge in [-0.15, -0.1) is 0 Å². The summed E-state index contributed by atoms with van der Waals surface area (Å²) < 4.78 is 21.3. The maximum absolute atomic E-state index is 12.5. The molecule has 0 bridgehead atoms. The Labute approximate surface area is 142 Å². The van der Waals surface area contributed by atoms with Gasteiger partial charge >= 0.3 is 0 Å². The van der Waals surface area contributed by atoms with Crippen molar-refractivity contribution in [2.45, 2.75) is 18.6 Å². The van der Waals surface area contributed by atoms with E-state index in [1.165, 1.54) is 0 Å². The van der Waals surface area contributed by atoms with E-state index in [4.69, 9.17) is 18.9 Å². The number of rotatable bonds is 7. The van der Waals surface area contributed by atoms with E-state index in [-0.39, 0.29) is 18.6 Å². The van der Waals surface area contributed by atoms with Gasteiger partial charge in [-0.05, 0) is 17.7 Å².